The minimum Gasteiger partial charge on any atom is -0.390 e. The predicted octanol–water partition coefficient (Wildman–Crippen LogP) is 3.96. The summed E-state index contributed by atoms with van der Waals surface area (Å²) in [4.78, 5) is 0. The maximum atomic E-state index is 9.55. The summed E-state index contributed by atoms with van der Waals surface area (Å²) in [5, 5.41) is 18.0. The normalized spacial score (nSPS) is 12.1. The molecular weight excluding hydrogens is 274 g/mol. The minimum absolute atomic E-state index is 0.0636. The molecule has 1 aromatic carbocycles. The van der Waals surface area contributed by atoms with Crippen LogP contribution in [-0.4, -0.2) is 20.1 Å². The SMILES string of the molecule is CCC(CC)c1c(CO)nnn1-c1ccc(C(C)(C)C)cc1. The summed E-state index contributed by atoms with van der Waals surface area (Å²) in [5.74, 6) is 0.361. The molecule has 2 aromatic rings. The molecule has 120 valence electrons. The molecule has 0 fully saturated rings. The first-order valence-corrected chi connectivity index (χ1v) is 8.08. The molecule has 0 saturated carbocycles. The Bertz CT molecular complexity index is 604. The van der Waals surface area contributed by atoms with E-state index in [2.05, 4.69) is 69.2 Å². The summed E-state index contributed by atoms with van der Waals surface area (Å²) in [6.07, 6.45) is 2.02. The molecule has 0 radical (unpaired) electrons. The minimum atomic E-state index is -0.0636. The van der Waals surface area contributed by atoms with Crippen molar-refractivity contribution in [2.24, 2.45) is 0 Å². The molecule has 1 heterocycles. The second kappa shape index (κ2) is 6.61. The van der Waals surface area contributed by atoms with Crippen molar-refractivity contribution >= 4 is 0 Å². The zero-order valence-electron chi connectivity index (χ0n) is 14.3. The van der Waals surface area contributed by atoms with E-state index >= 15 is 0 Å². The van der Waals surface area contributed by atoms with Gasteiger partial charge in [-0.15, -0.1) is 5.10 Å². The smallest absolute Gasteiger partial charge is 0.112 e. The lowest BCUT2D eigenvalue weighted by Gasteiger charge is -2.20. The van der Waals surface area contributed by atoms with E-state index in [-0.39, 0.29) is 12.0 Å². The highest BCUT2D eigenvalue weighted by molar-refractivity contribution is 5.38. The van der Waals surface area contributed by atoms with Crippen molar-refractivity contribution in [3.05, 3.63) is 41.2 Å². The second-order valence-electron chi connectivity index (χ2n) is 6.80. The Kier molecular flexibility index (Phi) is 5.01. The van der Waals surface area contributed by atoms with Gasteiger partial charge in [0.15, 0.2) is 0 Å². The molecule has 4 nitrogen and oxygen atoms in total. The summed E-state index contributed by atoms with van der Waals surface area (Å²) >= 11 is 0. The van der Waals surface area contributed by atoms with Gasteiger partial charge in [-0.2, -0.15) is 0 Å². The van der Waals surface area contributed by atoms with Gasteiger partial charge in [0.25, 0.3) is 0 Å². The third-order valence-corrected chi connectivity index (χ3v) is 4.28. The number of aliphatic hydroxyl groups is 1. The topological polar surface area (TPSA) is 50.9 Å². The number of aliphatic hydroxyl groups excluding tert-OH is 1. The average molecular weight is 301 g/mol. The molecule has 0 aliphatic rings. The third kappa shape index (κ3) is 3.22. The number of hydrogen-bond acceptors (Lipinski definition) is 3. The van der Waals surface area contributed by atoms with Gasteiger partial charge in [0, 0.05) is 5.92 Å². The fraction of sp³-hybridized carbons (Fsp3) is 0.556. The summed E-state index contributed by atoms with van der Waals surface area (Å²) in [6.45, 7) is 10.9. The van der Waals surface area contributed by atoms with Crippen molar-refractivity contribution in [3.8, 4) is 5.69 Å². The first kappa shape index (κ1) is 16.7. The molecule has 0 amide bonds. The molecule has 0 spiro atoms. The van der Waals surface area contributed by atoms with Crippen LogP contribution in [0.2, 0.25) is 0 Å². The Hall–Kier alpha value is -1.68. The maximum Gasteiger partial charge on any atom is 0.112 e. The summed E-state index contributed by atoms with van der Waals surface area (Å²) < 4.78 is 1.88. The summed E-state index contributed by atoms with van der Waals surface area (Å²) in [5.41, 5.74) is 4.16. The van der Waals surface area contributed by atoms with Crippen LogP contribution in [0.1, 0.15) is 70.3 Å². The van der Waals surface area contributed by atoms with Gasteiger partial charge in [-0.3, -0.25) is 0 Å². The Balaban J connectivity index is 2.46. The maximum absolute atomic E-state index is 9.55. The lowest BCUT2D eigenvalue weighted by atomic mass is 9.87. The van der Waals surface area contributed by atoms with E-state index in [0.717, 1.165) is 24.2 Å². The monoisotopic (exact) mass is 301 g/mol. The van der Waals surface area contributed by atoms with E-state index < -0.39 is 0 Å². The lowest BCUT2D eigenvalue weighted by Crippen LogP contribution is -2.12. The predicted molar refractivity (Wildman–Crippen MR) is 89.3 cm³/mol. The van der Waals surface area contributed by atoms with Crippen molar-refractivity contribution in [2.75, 3.05) is 0 Å². The van der Waals surface area contributed by atoms with Crippen LogP contribution >= 0.6 is 0 Å². The zero-order valence-corrected chi connectivity index (χ0v) is 14.3. The number of aromatic nitrogens is 3. The number of rotatable bonds is 5. The van der Waals surface area contributed by atoms with Gasteiger partial charge < -0.3 is 5.11 Å². The zero-order chi connectivity index (χ0) is 16.3. The molecule has 0 aliphatic heterocycles. The Morgan fingerprint density at radius 2 is 1.68 bits per heavy atom. The van der Waals surface area contributed by atoms with Gasteiger partial charge in [-0.1, -0.05) is 52.0 Å². The molecule has 0 aliphatic carbocycles. The van der Waals surface area contributed by atoms with Crippen LogP contribution in [0.25, 0.3) is 5.69 Å². The molecule has 4 heteroatoms. The third-order valence-electron chi connectivity index (χ3n) is 4.28. The molecule has 0 unspecified atom stereocenters. The lowest BCUT2D eigenvalue weighted by molar-refractivity contribution is 0.274. The van der Waals surface area contributed by atoms with Gasteiger partial charge >= 0.3 is 0 Å². The molecule has 0 bridgehead atoms. The molecule has 22 heavy (non-hydrogen) atoms. The first-order valence-electron chi connectivity index (χ1n) is 8.08. The number of hydrogen-bond donors (Lipinski definition) is 1. The highest BCUT2D eigenvalue weighted by Gasteiger charge is 2.21. The molecule has 2 rings (SSSR count). The van der Waals surface area contributed by atoms with Gasteiger partial charge in [0.1, 0.15) is 5.69 Å². The Morgan fingerprint density at radius 3 is 2.14 bits per heavy atom. The Labute approximate surface area is 133 Å². The van der Waals surface area contributed by atoms with Crippen molar-refractivity contribution in [3.63, 3.8) is 0 Å². The molecular formula is C18H27N3O. The fourth-order valence-corrected chi connectivity index (χ4v) is 2.81. The summed E-state index contributed by atoms with van der Waals surface area (Å²) in [6, 6.07) is 8.46. The van der Waals surface area contributed by atoms with E-state index in [1.807, 2.05) is 4.68 Å². The van der Waals surface area contributed by atoms with E-state index in [0.29, 0.717) is 11.6 Å². The standard InChI is InChI=1S/C18H27N3O/c1-6-13(7-2)17-16(12-22)19-20-21(17)15-10-8-14(9-11-15)18(3,4)5/h8-11,13,22H,6-7,12H2,1-5H3. The van der Waals surface area contributed by atoms with Crippen LogP contribution in [0.15, 0.2) is 24.3 Å². The Morgan fingerprint density at radius 1 is 1.09 bits per heavy atom. The molecule has 1 N–H and O–H groups in total. The second-order valence-corrected chi connectivity index (χ2v) is 6.80. The van der Waals surface area contributed by atoms with Crippen molar-refractivity contribution in [1.82, 2.24) is 15.0 Å². The van der Waals surface area contributed by atoms with E-state index in [1.54, 1.807) is 0 Å². The molecule has 1 aromatic heterocycles. The van der Waals surface area contributed by atoms with Crippen LogP contribution in [-0.2, 0) is 12.0 Å². The highest BCUT2D eigenvalue weighted by atomic mass is 16.3. The van der Waals surface area contributed by atoms with Crippen LogP contribution < -0.4 is 0 Å². The van der Waals surface area contributed by atoms with Crippen LogP contribution in [0.4, 0.5) is 0 Å². The number of benzene rings is 1. The van der Waals surface area contributed by atoms with Crippen LogP contribution in [0.5, 0.6) is 0 Å². The van der Waals surface area contributed by atoms with Crippen molar-refractivity contribution in [2.45, 2.75) is 65.4 Å². The largest absolute Gasteiger partial charge is 0.390 e. The van der Waals surface area contributed by atoms with Crippen molar-refractivity contribution < 1.29 is 5.11 Å². The van der Waals surface area contributed by atoms with Gasteiger partial charge in [-0.25, -0.2) is 4.68 Å². The quantitative estimate of drug-likeness (QED) is 0.909. The van der Waals surface area contributed by atoms with Crippen molar-refractivity contribution in [1.29, 1.82) is 0 Å². The average Bonchev–Trinajstić information content (AvgIpc) is 2.92. The molecule has 0 atom stereocenters. The highest BCUT2D eigenvalue weighted by Crippen LogP contribution is 2.28. The van der Waals surface area contributed by atoms with Crippen LogP contribution in [0, 0.1) is 0 Å². The van der Waals surface area contributed by atoms with E-state index in [4.69, 9.17) is 0 Å². The van der Waals surface area contributed by atoms with Crippen LogP contribution in [0.3, 0.4) is 0 Å². The van der Waals surface area contributed by atoms with E-state index in [1.165, 1.54) is 5.56 Å². The first-order chi connectivity index (χ1) is 10.4. The van der Waals surface area contributed by atoms with E-state index in [9.17, 15) is 5.11 Å². The summed E-state index contributed by atoms with van der Waals surface area (Å²) in [7, 11) is 0. The number of nitrogens with zero attached hydrogens (tertiary/aromatic N) is 3. The van der Waals surface area contributed by atoms with Gasteiger partial charge in [-0.05, 0) is 36.0 Å². The van der Waals surface area contributed by atoms with Gasteiger partial charge in [0.05, 0.1) is 18.0 Å². The molecule has 0 saturated heterocycles. The van der Waals surface area contributed by atoms with Gasteiger partial charge in [0.2, 0.25) is 0 Å². The fourth-order valence-electron chi connectivity index (χ4n) is 2.81.